The Kier molecular flexibility index (Phi) is 4.45. The Morgan fingerprint density at radius 2 is 2.20 bits per heavy atom. The summed E-state index contributed by atoms with van der Waals surface area (Å²) in [7, 11) is 0. The van der Waals surface area contributed by atoms with E-state index in [0.29, 0.717) is 11.7 Å². The lowest BCUT2D eigenvalue weighted by Gasteiger charge is -2.05. The third-order valence-corrected chi connectivity index (χ3v) is 3.11. The molecule has 6 nitrogen and oxygen atoms in total. The topological polar surface area (TPSA) is 83.6 Å². The van der Waals surface area contributed by atoms with Crippen molar-refractivity contribution >= 4 is 11.7 Å². The molecule has 1 amide bonds. The summed E-state index contributed by atoms with van der Waals surface area (Å²) >= 11 is 0. The monoisotopic (exact) mass is 273 g/mol. The molecule has 0 aliphatic carbocycles. The van der Waals surface area contributed by atoms with Crippen LogP contribution in [0.2, 0.25) is 0 Å². The molecule has 2 heterocycles. The second kappa shape index (κ2) is 6.27. The minimum Gasteiger partial charge on any atom is -0.304 e. The van der Waals surface area contributed by atoms with E-state index in [1.54, 1.807) is 6.20 Å². The third-order valence-electron chi connectivity index (χ3n) is 3.11. The second-order valence-corrected chi connectivity index (χ2v) is 4.90. The Morgan fingerprint density at radius 1 is 1.40 bits per heavy atom. The average molecular weight is 273 g/mol. The van der Waals surface area contributed by atoms with Gasteiger partial charge in [-0.3, -0.25) is 14.9 Å². The van der Waals surface area contributed by atoms with Crippen molar-refractivity contribution in [2.24, 2.45) is 0 Å². The third kappa shape index (κ3) is 3.40. The molecule has 2 aromatic rings. The molecule has 0 unspecified atom stereocenters. The molecule has 0 spiro atoms. The first-order chi connectivity index (χ1) is 9.60. The summed E-state index contributed by atoms with van der Waals surface area (Å²) in [5.74, 6) is 0.603. The fourth-order valence-electron chi connectivity index (χ4n) is 1.93. The van der Waals surface area contributed by atoms with Gasteiger partial charge in [0.05, 0.1) is 11.9 Å². The Labute approximate surface area is 118 Å². The number of aromatic nitrogens is 4. The molecule has 0 aliphatic heterocycles. The highest BCUT2D eigenvalue weighted by molar-refractivity contribution is 6.02. The van der Waals surface area contributed by atoms with Gasteiger partial charge in [0.15, 0.2) is 5.82 Å². The molecule has 2 aromatic heterocycles. The van der Waals surface area contributed by atoms with Gasteiger partial charge in [-0.1, -0.05) is 20.3 Å². The number of hydrogen-bond acceptors (Lipinski definition) is 4. The predicted octanol–water partition coefficient (Wildman–Crippen LogP) is 2.66. The summed E-state index contributed by atoms with van der Waals surface area (Å²) in [5.41, 5.74) is 2.08. The second-order valence-electron chi connectivity index (χ2n) is 4.90. The Balaban J connectivity index is 2.03. The maximum absolute atomic E-state index is 12.0. The van der Waals surface area contributed by atoms with Crippen LogP contribution in [0.25, 0.3) is 0 Å². The lowest BCUT2D eigenvalue weighted by Crippen LogP contribution is -2.14. The van der Waals surface area contributed by atoms with Gasteiger partial charge < -0.3 is 5.32 Å². The largest absolute Gasteiger partial charge is 0.304 e. The van der Waals surface area contributed by atoms with Gasteiger partial charge in [0.25, 0.3) is 5.91 Å². The number of nitrogens with zero attached hydrogens (tertiary/aromatic N) is 3. The standard InChI is InChI=1S/C14H19N5O/c1-4-5-9(2)11-6-13(19-18-11)17-14(20)12-8-15-10(3)7-16-12/h6-9H,4-5H2,1-3H3,(H2,17,18,19,20)/t9-/m0/s1. The van der Waals surface area contributed by atoms with Gasteiger partial charge in [-0.2, -0.15) is 5.10 Å². The summed E-state index contributed by atoms with van der Waals surface area (Å²) in [6.45, 7) is 6.10. The quantitative estimate of drug-likeness (QED) is 0.877. The SMILES string of the molecule is CCC[C@H](C)c1cc(NC(=O)c2cnc(C)cn2)n[nH]1. The van der Waals surface area contributed by atoms with Crippen molar-refractivity contribution in [2.45, 2.75) is 39.5 Å². The number of anilines is 1. The van der Waals surface area contributed by atoms with Gasteiger partial charge in [0, 0.05) is 18.0 Å². The van der Waals surface area contributed by atoms with Crippen LogP contribution in [0.15, 0.2) is 18.5 Å². The molecule has 2 rings (SSSR count). The van der Waals surface area contributed by atoms with Gasteiger partial charge in [-0.05, 0) is 19.3 Å². The number of aromatic amines is 1. The van der Waals surface area contributed by atoms with E-state index in [1.165, 1.54) is 6.20 Å². The zero-order valence-corrected chi connectivity index (χ0v) is 12.0. The van der Waals surface area contributed by atoms with E-state index in [-0.39, 0.29) is 11.6 Å². The summed E-state index contributed by atoms with van der Waals surface area (Å²) in [6.07, 6.45) is 5.21. The lowest BCUT2D eigenvalue weighted by atomic mass is 10.0. The predicted molar refractivity (Wildman–Crippen MR) is 76.6 cm³/mol. The highest BCUT2D eigenvalue weighted by Crippen LogP contribution is 2.20. The molecule has 0 aliphatic rings. The van der Waals surface area contributed by atoms with Crippen molar-refractivity contribution < 1.29 is 4.79 Å². The molecule has 0 fully saturated rings. The first-order valence-electron chi connectivity index (χ1n) is 6.75. The van der Waals surface area contributed by atoms with E-state index in [1.807, 2.05) is 13.0 Å². The highest BCUT2D eigenvalue weighted by Gasteiger charge is 2.12. The van der Waals surface area contributed by atoms with Crippen molar-refractivity contribution in [1.29, 1.82) is 0 Å². The Bertz CT molecular complexity index is 576. The van der Waals surface area contributed by atoms with Crippen molar-refractivity contribution in [3.05, 3.63) is 35.5 Å². The van der Waals surface area contributed by atoms with Crippen LogP contribution in [0.5, 0.6) is 0 Å². The van der Waals surface area contributed by atoms with Crippen molar-refractivity contribution in [3.63, 3.8) is 0 Å². The van der Waals surface area contributed by atoms with Gasteiger partial charge in [-0.15, -0.1) is 0 Å². The van der Waals surface area contributed by atoms with Gasteiger partial charge in [-0.25, -0.2) is 4.98 Å². The van der Waals surface area contributed by atoms with Crippen LogP contribution in [0.1, 0.15) is 54.5 Å². The fourth-order valence-corrected chi connectivity index (χ4v) is 1.93. The molecule has 0 aromatic carbocycles. The number of carbonyl (C=O) groups excluding carboxylic acids is 1. The van der Waals surface area contributed by atoms with Crippen LogP contribution in [0, 0.1) is 6.92 Å². The normalized spacial score (nSPS) is 12.2. The molecule has 0 saturated carbocycles. The zero-order chi connectivity index (χ0) is 14.5. The van der Waals surface area contributed by atoms with Crippen LogP contribution in [0.4, 0.5) is 5.82 Å². The minimum atomic E-state index is -0.307. The zero-order valence-electron chi connectivity index (χ0n) is 12.0. The minimum absolute atomic E-state index is 0.279. The summed E-state index contributed by atoms with van der Waals surface area (Å²) in [6, 6.07) is 1.86. The van der Waals surface area contributed by atoms with E-state index < -0.39 is 0 Å². The van der Waals surface area contributed by atoms with Crippen molar-refractivity contribution in [1.82, 2.24) is 20.2 Å². The number of aryl methyl sites for hydroxylation is 1. The molecule has 106 valence electrons. The molecule has 0 saturated heterocycles. The Morgan fingerprint density at radius 3 is 2.85 bits per heavy atom. The molecule has 6 heteroatoms. The number of hydrogen-bond donors (Lipinski definition) is 2. The van der Waals surface area contributed by atoms with Gasteiger partial charge >= 0.3 is 0 Å². The van der Waals surface area contributed by atoms with E-state index in [2.05, 4.69) is 39.3 Å². The molecular formula is C14H19N5O. The first kappa shape index (κ1) is 14.2. The smallest absolute Gasteiger partial charge is 0.277 e. The van der Waals surface area contributed by atoms with Gasteiger partial charge in [0.1, 0.15) is 5.69 Å². The number of carbonyl (C=O) groups is 1. The first-order valence-corrected chi connectivity index (χ1v) is 6.75. The lowest BCUT2D eigenvalue weighted by molar-refractivity contribution is 0.102. The molecule has 2 N–H and O–H groups in total. The summed E-state index contributed by atoms with van der Waals surface area (Å²) in [4.78, 5) is 20.0. The summed E-state index contributed by atoms with van der Waals surface area (Å²) in [5, 5.41) is 9.76. The van der Waals surface area contributed by atoms with Crippen LogP contribution in [-0.4, -0.2) is 26.1 Å². The molecule has 0 radical (unpaired) electrons. The van der Waals surface area contributed by atoms with Crippen LogP contribution in [0.3, 0.4) is 0 Å². The fraction of sp³-hybridized carbons (Fsp3) is 0.429. The molecule has 20 heavy (non-hydrogen) atoms. The Hall–Kier alpha value is -2.24. The van der Waals surface area contributed by atoms with Crippen LogP contribution in [-0.2, 0) is 0 Å². The van der Waals surface area contributed by atoms with E-state index in [0.717, 1.165) is 24.2 Å². The number of H-pyrrole nitrogens is 1. The number of rotatable bonds is 5. The molecule has 0 bridgehead atoms. The van der Waals surface area contributed by atoms with E-state index in [4.69, 9.17) is 0 Å². The van der Waals surface area contributed by atoms with E-state index >= 15 is 0 Å². The maximum Gasteiger partial charge on any atom is 0.277 e. The number of nitrogens with one attached hydrogen (secondary N) is 2. The van der Waals surface area contributed by atoms with Crippen LogP contribution < -0.4 is 5.32 Å². The van der Waals surface area contributed by atoms with Crippen molar-refractivity contribution in [3.8, 4) is 0 Å². The summed E-state index contributed by atoms with van der Waals surface area (Å²) < 4.78 is 0. The maximum atomic E-state index is 12.0. The van der Waals surface area contributed by atoms with Gasteiger partial charge in [0.2, 0.25) is 0 Å². The highest BCUT2D eigenvalue weighted by atomic mass is 16.2. The molecular weight excluding hydrogens is 254 g/mol. The van der Waals surface area contributed by atoms with Crippen molar-refractivity contribution in [2.75, 3.05) is 5.32 Å². The molecule has 1 atom stereocenters. The van der Waals surface area contributed by atoms with E-state index in [9.17, 15) is 4.79 Å². The average Bonchev–Trinajstić information content (AvgIpc) is 2.88. The van der Waals surface area contributed by atoms with Crippen LogP contribution >= 0.6 is 0 Å². The number of amides is 1.